The Morgan fingerprint density at radius 2 is 2.12 bits per heavy atom. The molecule has 3 rings (SSSR count). The standard InChI is InChI=1S/C16H16ClN5O2/c1-22(2)14-13(23)8-19-16(21-14)18-7-10-5-9-6-11(17)3-4-12(9)20-15(10)24/h3-6,8,23H,7H2,1-2H3,(H,20,24)(H,18,19,21). The van der Waals surface area contributed by atoms with Crippen LogP contribution < -0.4 is 15.8 Å². The number of aromatic amines is 1. The number of benzene rings is 1. The van der Waals surface area contributed by atoms with Gasteiger partial charge < -0.3 is 20.3 Å². The summed E-state index contributed by atoms with van der Waals surface area (Å²) in [6, 6.07) is 7.06. The summed E-state index contributed by atoms with van der Waals surface area (Å²) in [6.07, 6.45) is 1.31. The molecule has 0 fully saturated rings. The van der Waals surface area contributed by atoms with Gasteiger partial charge in [-0.05, 0) is 24.3 Å². The van der Waals surface area contributed by atoms with Crippen molar-refractivity contribution in [2.24, 2.45) is 0 Å². The summed E-state index contributed by atoms with van der Waals surface area (Å²) in [6.45, 7) is 0.245. The number of aromatic hydroxyl groups is 1. The molecule has 0 radical (unpaired) electrons. The van der Waals surface area contributed by atoms with Crippen LogP contribution in [0.4, 0.5) is 11.8 Å². The molecule has 0 saturated heterocycles. The van der Waals surface area contributed by atoms with Crippen LogP contribution in [0.5, 0.6) is 5.75 Å². The van der Waals surface area contributed by atoms with E-state index < -0.39 is 0 Å². The third kappa shape index (κ3) is 3.26. The number of anilines is 2. The minimum Gasteiger partial charge on any atom is -0.503 e. The molecule has 8 heteroatoms. The lowest BCUT2D eigenvalue weighted by molar-refractivity contribution is 0.470. The SMILES string of the molecule is CN(C)c1nc(NCc2cc3cc(Cl)ccc3[nH]c2=O)ncc1O. The van der Waals surface area contributed by atoms with Crippen molar-refractivity contribution in [3.05, 3.63) is 51.4 Å². The molecule has 0 aliphatic heterocycles. The molecule has 3 aromatic rings. The Morgan fingerprint density at radius 1 is 1.33 bits per heavy atom. The van der Waals surface area contributed by atoms with Crippen LogP contribution in [0.1, 0.15) is 5.56 Å². The van der Waals surface area contributed by atoms with E-state index >= 15 is 0 Å². The van der Waals surface area contributed by atoms with E-state index in [1.165, 1.54) is 6.20 Å². The first-order valence-electron chi connectivity index (χ1n) is 7.22. The number of pyridine rings is 1. The zero-order chi connectivity index (χ0) is 17.3. The van der Waals surface area contributed by atoms with Crippen LogP contribution in [0, 0.1) is 0 Å². The predicted octanol–water partition coefficient (Wildman–Crippen LogP) is 2.36. The fraction of sp³-hybridized carbons (Fsp3) is 0.188. The van der Waals surface area contributed by atoms with Crippen LogP contribution in [0.25, 0.3) is 10.9 Å². The highest BCUT2D eigenvalue weighted by Crippen LogP contribution is 2.23. The Hall–Kier alpha value is -2.80. The summed E-state index contributed by atoms with van der Waals surface area (Å²) in [5.74, 6) is 0.706. The second kappa shape index (κ2) is 6.37. The highest BCUT2D eigenvalue weighted by Gasteiger charge is 2.09. The zero-order valence-electron chi connectivity index (χ0n) is 13.2. The van der Waals surface area contributed by atoms with Crippen molar-refractivity contribution in [2.75, 3.05) is 24.3 Å². The fourth-order valence-electron chi connectivity index (χ4n) is 2.31. The van der Waals surface area contributed by atoms with Crippen molar-refractivity contribution in [3.8, 4) is 5.75 Å². The number of H-pyrrole nitrogens is 1. The molecule has 0 unspecified atom stereocenters. The zero-order valence-corrected chi connectivity index (χ0v) is 13.9. The number of hydrogen-bond acceptors (Lipinski definition) is 6. The summed E-state index contributed by atoms with van der Waals surface area (Å²) in [7, 11) is 3.53. The number of halogens is 1. The molecule has 0 saturated carbocycles. The molecule has 7 nitrogen and oxygen atoms in total. The molecular formula is C16H16ClN5O2. The molecule has 124 valence electrons. The van der Waals surface area contributed by atoms with Crippen LogP contribution in [0.3, 0.4) is 0 Å². The maximum atomic E-state index is 12.2. The van der Waals surface area contributed by atoms with Gasteiger partial charge in [0, 0.05) is 42.1 Å². The molecule has 0 spiro atoms. The van der Waals surface area contributed by atoms with Crippen LogP contribution in [0.2, 0.25) is 5.02 Å². The fourth-order valence-corrected chi connectivity index (χ4v) is 2.49. The number of fused-ring (bicyclic) bond motifs is 1. The normalized spacial score (nSPS) is 10.8. The summed E-state index contributed by atoms with van der Waals surface area (Å²) >= 11 is 5.99. The van der Waals surface area contributed by atoms with Crippen LogP contribution in [-0.4, -0.2) is 34.2 Å². The van der Waals surface area contributed by atoms with Gasteiger partial charge in [-0.25, -0.2) is 4.98 Å². The molecule has 0 atom stereocenters. The molecule has 3 N–H and O–H groups in total. The van der Waals surface area contributed by atoms with E-state index in [1.807, 2.05) is 0 Å². The van der Waals surface area contributed by atoms with E-state index in [9.17, 15) is 9.90 Å². The molecular weight excluding hydrogens is 330 g/mol. The molecule has 2 heterocycles. The quantitative estimate of drug-likeness (QED) is 0.672. The lowest BCUT2D eigenvalue weighted by Crippen LogP contribution is -2.17. The number of rotatable bonds is 4. The second-order valence-electron chi connectivity index (χ2n) is 5.51. The first kappa shape index (κ1) is 16.1. The van der Waals surface area contributed by atoms with Crippen molar-refractivity contribution in [1.82, 2.24) is 15.0 Å². The third-order valence-electron chi connectivity index (χ3n) is 3.49. The van der Waals surface area contributed by atoms with Gasteiger partial charge in [0.25, 0.3) is 5.56 Å². The average Bonchev–Trinajstić information content (AvgIpc) is 2.54. The Kier molecular flexibility index (Phi) is 4.26. The van der Waals surface area contributed by atoms with Crippen molar-refractivity contribution < 1.29 is 5.11 Å². The Bertz CT molecular complexity index is 955. The highest BCUT2D eigenvalue weighted by molar-refractivity contribution is 6.31. The van der Waals surface area contributed by atoms with E-state index in [-0.39, 0.29) is 17.9 Å². The number of hydrogen-bond donors (Lipinski definition) is 3. The Labute approximate surface area is 142 Å². The summed E-state index contributed by atoms with van der Waals surface area (Å²) in [4.78, 5) is 24.9. The van der Waals surface area contributed by atoms with Crippen molar-refractivity contribution in [3.63, 3.8) is 0 Å². The smallest absolute Gasteiger partial charge is 0.253 e. The summed E-state index contributed by atoms with van der Waals surface area (Å²) < 4.78 is 0. The van der Waals surface area contributed by atoms with E-state index in [2.05, 4.69) is 20.3 Å². The van der Waals surface area contributed by atoms with Gasteiger partial charge in [0.1, 0.15) is 0 Å². The molecule has 0 aliphatic rings. The molecule has 0 amide bonds. The van der Waals surface area contributed by atoms with Crippen molar-refractivity contribution in [1.29, 1.82) is 0 Å². The topological polar surface area (TPSA) is 94.1 Å². The van der Waals surface area contributed by atoms with Gasteiger partial charge in [0.2, 0.25) is 5.95 Å². The molecule has 0 bridgehead atoms. The van der Waals surface area contributed by atoms with E-state index in [1.54, 1.807) is 43.3 Å². The van der Waals surface area contributed by atoms with E-state index in [4.69, 9.17) is 11.6 Å². The predicted molar refractivity (Wildman–Crippen MR) is 94.9 cm³/mol. The maximum Gasteiger partial charge on any atom is 0.253 e. The third-order valence-corrected chi connectivity index (χ3v) is 3.73. The average molecular weight is 346 g/mol. The second-order valence-corrected chi connectivity index (χ2v) is 5.94. The highest BCUT2D eigenvalue weighted by atomic mass is 35.5. The monoisotopic (exact) mass is 345 g/mol. The van der Waals surface area contributed by atoms with Crippen LogP contribution >= 0.6 is 11.6 Å². The number of nitrogens with zero attached hydrogens (tertiary/aromatic N) is 3. The minimum absolute atomic E-state index is 0.0104. The van der Waals surface area contributed by atoms with Gasteiger partial charge in [0.15, 0.2) is 11.6 Å². The van der Waals surface area contributed by atoms with Crippen LogP contribution in [0.15, 0.2) is 35.3 Å². The summed E-state index contributed by atoms with van der Waals surface area (Å²) in [5.41, 5.74) is 1.07. The first-order chi connectivity index (χ1) is 11.4. The van der Waals surface area contributed by atoms with Crippen molar-refractivity contribution >= 4 is 34.3 Å². The van der Waals surface area contributed by atoms with Gasteiger partial charge >= 0.3 is 0 Å². The van der Waals surface area contributed by atoms with Gasteiger partial charge in [0.05, 0.1) is 6.20 Å². The lowest BCUT2D eigenvalue weighted by Gasteiger charge is -2.14. The molecule has 1 aromatic carbocycles. The van der Waals surface area contributed by atoms with E-state index in [0.717, 1.165) is 10.9 Å². The minimum atomic E-state index is -0.191. The van der Waals surface area contributed by atoms with Crippen molar-refractivity contribution in [2.45, 2.75) is 6.54 Å². The Morgan fingerprint density at radius 3 is 2.88 bits per heavy atom. The number of nitrogens with one attached hydrogen (secondary N) is 2. The number of aromatic nitrogens is 3. The van der Waals surface area contributed by atoms with Gasteiger partial charge in [-0.15, -0.1) is 0 Å². The molecule has 2 aromatic heterocycles. The summed E-state index contributed by atoms with van der Waals surface area (Å²) in [5, 5.41) is 14.2. The van der Waals surface area contributed by atoms with E-state index in [0.29, 0.717) is 22.4 Å². The van der Waals surface area contributed by atoms with Gasteiger partial charge in [-0.2, -0.15) is 4.98 Å². The Balaban J connectivity index is 1.87. The largest absolute Gasteiger partial charge is 0.503 e. The van der Waals surface area contributed by atoms with Crippen LogP contribution in [-0.2, 0) is 6.54 Å². The first-order valence-corrected chi connectivity index (χ1v) is 7.60. The van der Waals surface area contributed by atoms with Gasteiger partial charge in [-0.1, -0.05) is 11.6 Å². The lowest BCUT2D eigenvalue weighted by atomic mass is 10.1. The maximum absolute atomic E-state index is 12.2. The van der Waals surface area contributed by atoms with Gasteiger partial charge in [-0.3, -0.25) is 4.79 Å². The molecule has 24 heavy (non-hydrogen) atoms. The molecule has 0 aliphatic carbocycles.